The predicted octanol–water partition coefficient (Wildman–Crippen LogP) is 4.12. The molecule has 7 heteroatoms. The van der Waals surface area contributed by atoms with Crippen molar-refractivity contribution in [1.82, 2.24) is 10.2 Å². The van der Waals surface area contributed by atoms with Gasteiger partial charge >= 0.3 is 6.03 Å². The second-order valence-corrected chi connectivity index (χ2v) is 7.47. The Morgan fingerprint density at radius 2 is 1.70 bits per heavy atom. The number of hydrogen-bond acceptors (Lipinski definition) is 3. The molecule has 4 amide bonds. The fourth-order valence-corrected chi connectivity index (χ4v) is 3.40. The quantitative estimate of drug-likeness (QED) is 0.698. The lowest BCUT2D eigenvalue weighted by atomic mass is 9.93. The van der Waals surface area contributed by atoms with E-state index in [1.54, 1.807) is 35.4 Å². The van der Waals surface area contributed by atoms with Crippen LogP contribution in [0.5, 0.6) is 0 Å². The summed E-state index contributed by atoms with van der Waals surface area (Å²) in [6.45, 7) is 5.23. The van der Waals surface area contributed by atoms with Crippen molar-refractivity contribution in [3.63, 3.8) is 0 Å². The second-order valence-electron chi connectivity index (χ2n) is 7.47. The van der Waals surface area contributed by atoms with Gasteiger partial charge in [-0.05, 0) is 49.2 Å². The number of benzene rings is 2. The molecule has 1 aliphatic heterocycles. The van der Waals surface area contributed by atoms with Gasteiger partial charge in [0.05, 0.1) is 12.5 Å². The summed E-state index contributed by atoms with van der Waals surface area (Å²) in [5.74, 6) is -0.346. The molecule has 1 atom stereocenters. The maximum absolute atomic E-state index is 12.8. The number of nitrogens with one attached hydrogen (secondary N) is 3. The van der Waals surface area contributed by atoms with E-state index in [1.165, 1.54) is 6.92 Å². The fraction of sp³-hybridized carbons (Fsp3) is 0.261. The Morgan fingerprint density at radius 3 is 2.40 bits per heavy atom. The van der Waals surface area contributed by atoms with Crippen LogP contribution in [-0.4, -0.2) is 28.8 Å². The van der Waals surface area contributed by atoms with Gasteiger partial charge in [0.1, 0.15) is 0 Å². The number of fused-ring (bicyclic) bond motifs is 1. The molecule has 1 aliphatic rings. The number of carbonyl (C=O) groups excluding carboxylic acids is 3. The first-order chi connectivity index (χ1) is 14.3. The third-order valence-corrected chi connectivity index (χ3v) is 4.67. The Kier molecular flexibility index (Phi) is 6.51. The lowest BCUT2D eigenvalue weighted by molar-refractivity contribution is -0.129. The Hall–Kier alpha value is -3.61. The van der Waals surface area contributed by atoms with E-state index >= 15 is 0 Å². The van der Waals surface area contributed by atoms with Gasteiger partial charge in [-0.15, -0.1) is 0 Å². The molecule has 0 aliphatic carbocycles. The van der Waals surface area contributed by atoms with Crippen LogP contribution >= 0.6 is 0 Å². The van der Waals surface area contributed by atoms with E-state index in [4.69, 9.17) is 0 Å². The van der Waals surface area contributed by atoms with Crippen LogP contribution in [0, 0.1) is 0 Å². The van der Waals surface area contributed by atoms with E-state index in [1.807, 2.05) is 44.2 Å². The third-order valence-electron chi connectivity index (χ3n) is 4.67. The van der Waals surface area contributed by atoms with Crippen LogP contribution in [0.15, 0.2) is 54.7 Å². The molecule has 2 aromatic carbocycles. The first-order valence-corrected chi connectivity index (χ1v) is 9.87. The van der Waals surface area contributed by atoms with Crippen molar-refractivity contribution in [1.29, 1.82) is 0 Å². The summed E-state index contributed by atoms with van der Waals surface area (Å²) in [6.07, 6.45) is 3.72. The van der Waals surface area contributed by atoms with E-state index < -0.39 is 0 Å². The SMILES string of the molecule is CC(=O)N1C=Cc2ccccc2C1CC(=O)Nc1cccc(NC(=O)NC(C)C)c1. The minimum Gasteiger partial charge on any atom is -0.336 e. The molecule has 0 radical (unpaired) electrons. The Labute approximate surface area is 176 Å². The number of nitrogens with zero attached hydrogens (tertiary/aromatic N) is 1. The summed E-state index contributed by atoms with van der Waals surface area (Å²) < 4.78 is 0. The summed E-state index contributed by atoms with van der Waals surface area (Å²) in [5, 5.41) is 8.35. The fourth-order valence-electron chi connectivity index (χ4n) is 3.40. The lowest BCUT2D eigenvalue weighted by Gasteiger charge is -2.32. The molecule has 3 rings (SSSR count). The maximum Gasteiger partial charge on any atom is 0.319 e. The van der Waals surface area contributed by atoms with Crippen LogP contribution in [-0.2, 0) is 9.59 Å². The zero-order chi connectivity index (χ0) is 21.7. The number of anilines is 2. The highest BCUT2D eigenvalue weighted by Gasteiger charge is 2.28. The van der Waals surface area contributed by atoms with Gasteiger partial charge in [-0.1, -0.05) is 30.3 Å². The van der Waals surface area contributed by atoms with E-state index in [0.29, 0.717) is 11.4 Å². The number of urea groups is 1. The van der Waals surface area contributed by atoms with Crippen molar-refractivity contribution >= 4 is 35.3 Å². The first kappa shape index (κ1) is 21.1. The average Bonchev–Trinajstić information content (AvgIpc) is 2.67. The molecule has 0 saturated heterocycles. The zero-order valence-electron chi connectivity index (χ0n) is 17.3. The van der Waals surface area contributed by atoms with Crippen molar-refractivity contribution in [3.05, 3.63) is 65.9 Å². The monoisotopic (exact) mass is 406 g/mol. The molecule has 1 unspecified atom stereocenters. The number of amides is 4. The number of rotatable bonds is 5. The highest BCUT2D eigenvalue weighted by molar-refractivity contribution is 5.94. The average molecular weight is 406 g/mol. The second kappa shape index (κ2) is 9.26. The van der Waals surface area contributed by atoms with Crippen LogP contribution in [0.25, 0.3) is 6.08 Å². The van der Waals surface area contributed by atoms with Crippen molar-refractivity contribution in [2.24, 2.45) is 0 Å². The molecular formula is C23H26N4O3. The van der Waals surface area contributed by atoms with Gasteiger partial charge in [0.25, 0.3) is 0 Å². The minimum absolute atomic E-state index is 0.0181. The largest absolute Gasteiger partial charge is 0.336 e. The van der Waals surface area contributed by atoms with Gasteiger partial charge in [-0.3, -0.25) is 9.59 Å². The minimum atomic E-state index is -0.373. The molecule has 0 saturated carbocycles. The zero-order valence-corrected chi connectivity index (χ0v) is 17.3. The summed E-state index contributed by atoms with van der Waals surface area (Å²) in [6, 6.07) is 14.0. The molecule has 0 bridgehead atoms. The van der Waals surface area contributed by atoms with Crippen LogP contribution in [0.2, 0.25) is 0 Å². The normalized spacial score (nSPS) is 14.8. The highest BCUT2D eigenvalue weighted by Crippen LogP contribution is 2.33. The van der Waals surface area contributed by atoms with E-state index in [0.717, 1.165) is 11.1 Å². The highest BCUT2D eigenvalue weighted by atomic mass is 16.2. The molecule has 3 N–H and O–H groups in total. The number of carbonyl (C=O) groups is 3. The molecule has 30 heavy (non-hydrogen) atoms. The van der Waals surface area contributed by atoms with E-state index in [-0.39, 0.29) is 36.3 Å². The van der Waals surface area contributed by atoms with Crippen LogP contribution in [0.1, 0.15) is 44.4 Å². The molecule has 156 valence electrons. The summed E-state index contributed by atoms with van der Waals surface area (Å²) in [5.41, 5.74) is 3.07. The topological polar surface area (TPSA) is 90.5 Å². The van der Waals surface area contributed by atoms with Crippen LogP contribution in [0.3, 0.4) is 0 Å². The summed E-state index contributed by atoms with van der Waals surface area (Å²) in [4.78, 5) is 38.3. The predicted molar refractivity (Wildman–Crippen MR) is 118 cm³/mol. The first-order valence-electron chi connectivity index (χ1n) is 9.87. The third kappa shape index (κ3) is 5.26. The van der Waals surface area contributed by atoms with Gasteiger partial charge in [0, 0.05) is 30.5 Å². The standard InChI is InChI=1S/C23H26N4O3/c1-15(2)24-23(30)26-19-9-6-8-18(13-19)25-22(29)14-21-20-10-5-4-7-17(20)11-12-27(21)16(3)28/h4-13,15,21H,14H2,1-3H3,(H,25,29)(H2,24,26,30). The van der Waals surface area contributed by atoms with E-state index in [2.05, 4.69) is 16.0 Å². The van der Waals surface area contributed by atoms with Crippen LogP contribution < -0.4 is 16.0 Å². The van der Waals surface area contributed by atoms with Gasteiger partial charge in [0.2, 0.25) is 11.8 Å². The molecule has 0 aromatic heterocycles. The molecule has 7 nitrogen and oxygen atoms in total. The Bertz CT molecular complexity index is 984. The lowest BCUT2D eigenvalue weighted by Crippen LogP contribution is -2.34. The molecule has 0 spiro atoms. The van der Waals surface area contributed by atoms with Crippen molar-refractivity contribution in [3.8, 4) is 0 Å². The van der Waals surface area contributed by atoms with Gasteiger partial charge in [-0.25, -0.2) is 4.79 Å². The van der Waals surface area contributed by atoms with Crippen molar-refractivity contribution < 1.29 is 14.4 Å². The Morgan fingerprint density at radius 1 is 1.00 bits per heavy atom. The van der Waals surface area contributed by atoms with E-state index in [9.17, 15) is 14.4 Å². The molecular weight excluding hydrogens is 380 g/mol. The summed E-state index contributed by atoms with van der Waals surface area (Å²) >= 11 is 0. The Balaban J connectivity index is 1.70. The molecule has 1 heterocycles. The smallest absolute Gasteiger partial charge is 0.319 e. The van der Waals surface area contributed by atoms with Gasteiger partial charge < -0.3 is 20.9 Å². The summed E-state index contributed by atoms with van der Waals surface area (Å²) in [7, 11) is 0. The van der Waals surface area contributed by atoms with Gasteiger partial charge in [-0.2, -0.15) is 0 Å². The molecule has 2 aromatic rings. The van der Waals surface area contributed by atoms with Gasteiger partial charge in [0.15, 0.2) is 0 Å². The maximum atomic E-state index is 12.8. The number of hydrogen-bond donors (Lipinski definition) is 3. The van der Waals surface area contributed by atoms with Crippen molar-refractivity contribution in [2.45, 2.75) is 39.3 Å². The molecule has 0 fully saturated rings. The van der Waals surface area contributed by atoms with Crippen LogP contribution in [0.4, 0.5) is 16.2 Å². The van der Waals surface area contributed by atoms with Crippen molar-refractivity contribution in [2.75, 3.05) is 10.6 Å².